The maximum Gasteiger partial charge on any atom is 0.186 e. The molecule has 0 aliphatic heterocycles. The van der Waals surface area contributed by atoms with Gasteiger partial charge in [0.05, 0.1) is 0 Å². The molecule has 2 N–H and O–H groups in total. The number of hydrogen-bond donors (Lipinski definition) is 1. The predicted molar refractivity (Wildman–Crippen MR) is 56.2 cm³/mol. The molecule has 0 saturated carbocycles. The third kappa shape index (κ3) is 2.48. The van der Waals surface area contributed by atoms with Crippen molar-refractivity contribution in [3.05, 3.63) is 11.6 Å². The van der Waals surface area contributed by atoms with Gasteiger partial charge in [0, 0.05) is 11.8 Å². The molecule has 0 spiro atoms. The normalized spacial score (nSPS) is 10.2. The predicted octanol–water partition coefficient (Wildman–Crippen LogP) is 1.07. The van der Waals surface area contributed by atoms with E-state index in [-0.39, 0.29) is 0 Å². The largest absolute Gasteiger partial charge is 0.336 e. The first-order chi connectivity index (χ1) is 6.29. The highest BCUT2D eigenvalue weighted by Crippen LogP contribution is 2.03. The Morgan fingerprint density at radius 2 is 2.23 bits per heavy atom. The Labute approximate surface area is 83.1 Å². The second-order valence-electron chi connectivity index (χ2n) is 2.92. The van der Waals surface area contributed by atoms with Crippen LogP contribution in [0.5, 0.6) is 0 Å². The standard InChI is InChI=1S/C8H14N4S/c1-2-3-4-5-7-10-11-8(6-13)12(7)9/h6H,2-5,9H2,1H3. The number of aryl methyl sites for hydroxylation is 1. The van der Waals surface area contributed by atoms with Gasteiger partial charge in [0.1, 0.15) is 0 Å². The van der Waals surface area contributed by atoms with Gasteiger partial charge in [0.15, 0.2) is 11.6 Å². The molecule has 0 radical (unpaired) electrons. The zero-order valence-corrected chi connectivity index (χ0v) is 8.55. The summed E-state index contributed by atoms with van der Waals surface area (Å²) in [6.07, 6.45) is 4.36. The molecule has 0 atom stereocenters. The molecule has 0 aliphatic rings. The van der Waals surface area contributed by atoms with Crippen LogP contribution in [0.15, 0.2) is 0 Å². The molecule has 0 aromatic carbocycles. The van der Waals surface area contributed by atoms with E-state index in [9.17, 15) is 0 Å². The molecule has 4 nitrogen and oxygen atoms in total. The lowest BCUT2D eigenvalue weighted by Gasteiger charge is -1.99. The Kier molecular flexibility index (Phi) is 3.82. The third-order valence-electron chi connectivity index (χ3n) is 1.90. The number of unbranched alkanes of at least 4 members (excludes halogenated alkanes) is 2. The Morgan fingerprint density at radius 1 is 1.46 bits per heavy atom. The lowest BCUT2D eigenvalue weighted by atomic mass is 10.2. The maximum absolute atomic E-state index is 5.69. The molecule has 1 heterocycles. The molecule has 0 unspecified atom stereocenters. The van der Waals surface area contributed by atoms with Crippen LogP contribution in [0.4, 0.5) is 0 Å². The second kappa shape index (κ2) is 4.91. The summed E-state index contributed by atoms with van der Waals surface area (Å²) >= 11 is 4.73. The first kappa shape index (κ1) is 10.1. The van der Waals surface area contributed by atoms with Crippen molar-refractivity contribution in [3.63, 3.8) is 0 Å². The van der Waals surface area contributed by atoms with Crippen LogP contribution < -0.4 is 5.84 Å². The van der Waals surface area contributed by atoms with E-state index in [2.05, 4.69) is 17.1 Å². The highest BCUT2D eigenvalue weighted by Gasteiger charge is 2.05. The first-order valence-electron chi connectivity index (χ1n) is 4.44. The van der Waals surface area contributed by atoms with Crippen LogP contribution in [-0.2, 0) is 6.42 Å². The minimum absolute atomic E-state index is 0.557. The van der Waals surface area contributed by atoms with E-state index in [0.717, 1.165) is 18.7 Å². The number of rotatable bonds is 5. The summed E-state index contributed by atoms with van der Waals surface area (Å²) in [4.78, 5) is 0. The van der Waals surface area contributed by atoms with Crippen molar-refractivity contribution < 1.29 is 0 Å². The molecule has 0 fully saturated rings. The molecule has 0 bridgehead atoms. The summed E-state index contributed by atoms with van der Waals surface area (Å²) in [5.74, 6) is 7.06. The molecule has 1 rings (SSSR count). The molecule has 72 valence electrons. The van der Waals surface area contributed by atoms with Crippen LogP contribution in [0.1, 0.15) is 37.8 Å². The monoisotopic (exact) mass is 198 g/mol. The van der Waals surface area contributed by atoms with Gasteiger partial charge in [-0.05, 0) is 6.42 Å². The smallest absolute Gasteiger partial charge is 0.186 e. The van der Waals surface area contributed by atoms with Crippen LogP contribution in [0.3, 0.4) is 0 Å². The number of aromatic nitrogens is 3. The molecule has 5 heteroatoms. The van der Waals surface area contributed by atoms with Crippen molar-refractivity contribution in [3.8, 4) is 0 Å². The van der Waals surface area contributed by atoms with E-state index in [1.54, 1.807) is 0 Å². The third-order valence-corrected chi connectivity index (χ3v) is 2.11. The number of thiocarbonyl (C=S) groups is 1. The molecule has 13 heavy (non-hydrogen) atoms. The van der Waals surface area contributed by atoms with Gasteiger partial charge in [0.2, 0.25) is 0 Å². The Morgan fingerprint density at radius 3 is 2.77 bits per heavy atom. The fourth-order valence-electron chi connectivity index (χ4n) is 1.12. The zero-order chi connectivity index (χ0) is 9.68. The van der Waals surface area contributed by atoms with Crippen molar-refractivity contribution in [2.24, 2.45) is 0 Å². The van der Waals surface area contributed by atoms with E-state index in [4.69, 9.17) is 18.1 Å². The molecule has 0 saturated heterocycles. The summed E-state index contributed by atoms with van der Waals surface area (Å²) in [7, 11) is 0. The van der Waals surface area contributed by atoms with Gasteiger partial charge in [-0.15, -0.1) is 10.2 Å². The lowest BCUT2D eigenvalue weighted by molar-refractivity contribution is 0.678. The molecule has 0 aliphatic carbocycles. The van der Waals surface area contributed by atoms with Crippen LogP contribution in [0.25, 0.3) is 0 Å². The van der Waals surface area contributed by atoms with Gasteiger partial charge in [0.25, 0.3) is 0 Å². The first-order valence-corrected chi connectivity index (χ1v) is 4.91. The van der Waals surface area contributed by atoms with Crippen LogP contribution >= 0.6 is 12.2 Å². The van der Waals surface area contributed by atoms with Gasteiger partial charge in [-0.3, -0.25) is 0 Å². The summed E-state index contributed by atoms with van der Waals surface area (Å²) in [6.45, 7) is 2.16. The molecule has 0 amide bonds. The molecular weight excluding hydrogens is 184 g/mol. The minimum atomic E-state index is 0.557. The van der Waals surface area contributed by atoms with Crippen LogP contribution in [0.2, 0.25) is 0 Å². The van der Waals surface area contributed by atoms with Crippen molar-refractivity contribution in [1.82, 2.24) is 14.9 Å². The summed E-state index contributed by atoms with van der Waals surface area (Å²) in [5.41, 5.74) is 0. The fourth-order valence-corrected chi connectivity index (χ4v) is 1.28. The zero-order valence-electron chi connectivity index (χ0n) is 7.73. The van der Waals surface area contributed by atoms with Crippen molar-refractivity contribution in [2.75, 3.05) is 5.84 Å². The topological polar surface area (TPSA) is 56.7 Å². The highest BCUT2D eigenvalue weighted by molar-refractivity contribution is 7.79. The van der Waals surface area contributed by atoms with E-state index in [1.165, 1.54) is 22.9 Å². The van der Waals surface area contributed by atoms with Crippen molar-refractivity contribution in [2.45, 2.75) is 32.6 Å². The summed E-state index contributed by atoms with van der Waals surface area (Å²) in [6, 6.07) is 0. The number of nitrogen functional groups attached to an aromatic ring is 1. The molecular formula is C8H14N4S. The van der Waals surface area contributed by atoms with Gasteiger partial charge in [-0.25, -0.2) is 4.68 Å². The number of hydrogen-bond acceptors (Lipinski definition) is 4. The number of nitrogens with two attached hydrogens (primary N) is 1. The average Bonchev–Trinajstić information content (AvgIpc) is 2.48. The summed E-state index contributed by atoms with van der Waals surface area (Å²) < 4.78 is 1.46. The molecule has 1 aromatic heterocycles. The Balaban J connectivity index is 2.56. The van der Waals surface area contributed by atoms with Gasteiger partial charge >= 0.3 is 0 Å². The fraction of sp³-hybridized carbons (Fsp3) is 0.625. The minimum Gasteiger partial charge on any atom is -0.336 e. The van der Waals surface area contributed by atoms with Gasteiger partial charge in [-0.1, -0.05) is 32.0 Å². The van der Waals surface area contributed by atoms with E-state index in [0.29, 0.717) is 5.82 Å². The molecule has 1 aromatic rings. The second-order valence-corrected chi connectivity index (χ2v) is 3.16. The van der Waals surface area contributed by atoms with Gasteiger partial charge in [-0.2, -0.15) is 0 Å². The van der Waals surface area contributed by atoms with Gasteiger partial charge < -0.3 is 5.84 Å². The van der Waals surface area contributed by atoms with E-state index >= 15 is 0 Å². The Bertz CT molecular complexity index is 282. The van der Waals surface area contributed by atoms with Crippen LogP contribution in [0, 0.1) is 0 Å². The SMILES string of the molecule is CCCCCc1nnc(C=S)n1N. The lowest BCUT2D eigenvalue weighted by Crippen LogP contribution is -2.15. The van der Waals surface area contributed by atoms with Crippen molar-refractivity contribution in [1.29, 1.82) is 0 Å². The van der Waals surface area contributed by atoms with Crippen molar-refractivity contribution >= 4 is 17.6 Å². The summed E-state index contributed by atoms with van der Waals surface area (Å²) in [5, 5.41) is 9.23. The van der Waals surface area contributed by atoms with Crippen LogP contribution in [-0.4, -0.2) is 20.2 Å². The van der Waals surface area contributed by atoms with E-state index < -0.39 is 0 Å². The average molecular weight is 198 g/mol. The Hall–Kier alpha value is -0.970. The van der Waals surface area contributed by atoms with E-state index in [1.807, 2.05) is 0 Å². The highest BCUT2D eigenvalue weighted by atomic mass is 32.1. The maximum atomic E-state index is 5.69. The quantitative estimate of drug-likeness (QED) is 0.437. The number of nitrogens with zero attached hydrogens (tertiary/aromatic N) is 3.